The van der Waals surface area contributed by atoms with Crippen LogP contribution in [0.4, 0.5) is 0 Å². The van der Waals surface area contributed by atoms with Crippen molar-refractivity contribution in [2.24, 2.45) is 0 Å². The van der Waals surface area contributed by atoms with Crippen LogP contribution in [0.1, 0.15) is 0 Å². The van der Waals surface area contributed by atoms with Crippen LogP contribution in [0.15, 0.2) is 12.3 Å². The van der Waals surface area contributed by atoms with Crippen molar-refractivity contribution in [1.29, 1.82) is 0 Å². The Balaban J connectivity index is 0.000000360. The van der Waals surface area contributed by atoms with E-state index in [1.165, 1.54) is 12.3 Å². The standard InChI is InChI=1S/C4H4O2.H4Si/c5-4-1-2-6-3-4;/h1-2H,3H2;1H4. The number of carbonyl (C=O) groups is 1. The molecule has 0 N–H and O–H groups in total. The third-order valence-corrected chi connectivity index (χ3v) is 0.576. The summed E-state index contributed by atoms with van der Waals surface area (Å²) in [6, 6.07) is 0. The van der Waals surface area contributed by atoms with Gasteiger partial charge in [0.1, 0.15) is 6.61 Å². The fraction of sp³-hybridized carbons (Fsp3) is 0.250. The van der Waals surface area contributed by atoms with Gasteiger partial charge in [-0.2, -0.15) is 0 Å². The molecule has 1 aliphatic heterocycles. The molecule has 0 bridgehead atoms. The van der Waals surface area contributed by atoms with Crippen LogP contribution in [0, 0.1) is 0 Å². The zero-order chi connectivity index (χ0) is 4.41. The van der Waals surface area contributed by atoms with Crippen LogP contribution < -0.4 is 0 Å². The molecule has 0 aromatic rings. The van der Waals surface area contributed by atoms with Gasteiger partial charge in [-0.15, -0.1) is 0 Å². The van der Waals surface area contributed by atoms with E-state index in [1.807, 2.05) is 0 Å². The maximum atomic E-state index is 10.0. The minimum Gasteiger partial charge on any atom is -0.493 e. The molecule has 0 amide bonds. The Labute approximate surface area is 46.2 Å². The zero-order valence-corrected chi connectivity index (χ0v) is 3.18. The van der Waals surface area contributed by atoms with Gasteiger partial charge in [-0.25, -0.2) is 0 Å². The smallest absolute Gasteiger partial charge is 0.196 e. The number of hydrogen-bond acceptors (Lipinski definition) is 2. The molecule has 1 heterocycles. The molecule has 0 aliphatic carbocycles. The van der Waals surface area contributed by atoms with Gasteiger partial charge in [0.2, 0.25) is 0 Å². The Morgan fingerprint density at radius 3 is 2.57 bits per heavy atom. The van der Waals surface area contributed by atoms with Gasteiger partial charge >= 0.3 is 0 Å². The highest BCUT2D eigenvalue weighted by molar-refractivity contribution is 5.92. The van der Waals surface area contributed by atoms with Gasteiger partial charge < -0.3 is 4.74 Å². The minimum absolute atomic E-state index is 0. The molecule has 0 fully saturated rings. The van der Waals surface area contributed by atoms with Crippen molar-refractivity contribution in [2.45, 2.75) is 0 Å². The van der Waals surface area contributed by atoms with Gasteiger partial charge in [0.15, 0.2) is 5.78 Å². The molecule has 0 atom stereocenters. The van der Waals surface area contributed by atoms with Crippen molar-refractivity contribution < 1.29 is 9.53 Å². The molecular formula is C4H8O2Si. The van der Waals surface area contributed by atoms with Crippen LogP contribution in [0.2, 0.25) is 0 Å². The van der Waals surface area contributed by atoms with E-state index in [9.17, 15) is 4.79 Å². The summed E-state index contributed by atoms with van der Waals surface area (Å²) in [6.45, 7) is 0.236. The van der Waals surface area contributed by atoms with Crippen LogP contribution in [-0.2, 0) is 9.53 Å². The monoisotopic (exact) mass is 116 g/mol. The van der Waals surface area contributed by atoms with Gasteiger partial charge in [0.25, 0.3) is 0 Å². The molecule has 1 aliphatic rings. The van der Waals surface area contributed by atoms with E-state index in [0.717, 1.165) is 0 Å². The molecule has 0 saturated heterocycles. The van der Waals surface area contributed by atoms with Gasteiger partial charge in [-0.1, -0.05) is 0 Å². The van der Waals surface area contributed by atoms with Crippen molar-refractivity contribution in [3.63, 3.8) is 0 Å². The highest BCUT2D eigenvalue weighted by Gasteiger charge is 1.99. The summed E-state index contributed by atoms with van der Waals surface area (Å²) in [6.07, 6.45) is 2.82. The third kappa shape index (κ3) is 1.54. The SMILES string of the molecule is O=C1C=COC1.[SiH4]. The highest BCUT2D eigenvalue weighted by Crippen LogP contribution is 1.89. The molecule has 7 heavy (non-hydrogen) atoms. The summed E-state index contributed by atoms with van der Waals surface area (Å²) >= 11 is 0. The number of rotatable bonds is 0. The van der Waals surface area contributed by atoms with Crippen molar-refractivity contribution in [3.8, 4) is 0 Å². The fourth-order valence-corrected chi connectivity index (χ4v) is 0.302. The van der Waals surface area contributed by atoms with E-state index in [0.29, 0.717) is 0 Å². The van der Waals surface area contributed by atoms with Gasteiger partial charge in [-0.3, -0.25) is 4.79 Å². The first-order chi connectivity index (χ1) is 2.89. The lowest BCUT2D eigenvalue weighted by Gasteiger charge is -1.79. The average molecular weight is 116 g/mol. The van der Waals surface area contributed by atoms with Crippen LogP contribution in [0.5, 0.6) is 0 Å². The Morgan fingerprint density at radius 2 is 2.43 bits per heavy atom. The molecule has 2 nitrogen and oxygen atoms in total. The summed E-state index contributed by atoms with van der Waals surface area (Å²) in [5.41, 5.74) is 0. The Bertz CT molecular complexity index is 97.9. The Hall–Kier alpha value is -0.573. The van der Waals surface area contributed by atoms with Crippen molar-refractivity contribution in [3.05, 3.63) is 12.3 Å². The highest BCUT2D eigenvalue weighted by atomic mass is 28.1. The molecular weight excluding hydrogens is 108 g/mol. The van der Waals surface area contributed by atoms with Crippen molar-refractivity contribution >= 4 is 16.7 Å². The molecule has 40 valence electrons. The summed E-state index contributed by atoms with van der Waals surface area (Å²) in [5.74, 6) is 0.0509. The fourth-order valence-electron chi connectivity index (χ4n) is 0.302. The lowest BCUT2D eigenvalue weighted by Crippen LogP contribution is -1.91. The number of ketones is 1. The number of carbonyl (C=O) groups excluding carboxylic acids is 1. The first-order valence-electron chi connectivity index (χ1n) is 1.70. The quantitative estimate of drug-likeness (QED) is 0.366. The van der Waals surface area contributed by atoms with Crippen LogP contribution in [0.3, 0.4) is 0 Å². The maximum absolute atomic E-state index is 10.0. The number of ether oxygens (including phenoxy) is 1. The molecule has 0 unspecified atom stereocenters. The van der Waals surface area contributed by atoms with Gasteiger partial charge in [-0.05, 0) is 11.0 Å². The Kier molecular flexibility index (Phi) is 2.36. The van der Waals surface area contributed by atoms with E-state index >= 15 is 0 Å². The van der Waals surface area contributed by atoms with E-state index in [1.54, 1.807) is 0 Å². The predicted molar refractivity (Wildman–Crippen MR) is 31.4 cm³/mol. The van der Waals surface area contributed by atoms with Crippen molar-refractivity contribution in [1.82, 2.24) is 0 Å². The average Bonchev–Trinajstić information content (AvgIpc) is 1.86. The zero-order valence-electron chi connectivity index (χ0n) is 3.18. The minimum atomic E-state index is 0. The molecule has 3 heteroatoms. The van der Waals surface area contributed by atoms with Gasteiger partial charge in [0.05, 0.1) is 6.26 Å². The number of hydrogen-bond donors (Lipinski definition) is 0. The maximum Gasteiger partial charge on any atom is 0.196 e. The van der Waals surface area contributed by atoms with Crippen LogP contribution in [-0.4, -0.2) is 23.4 Å². The first kappa shape index (κ1) is 6.43. The lowest BCUT2D eigenvalue weighted by atomic mass is 10.5. The van der Waals surface area contributed by atoms with E-state index in [4.69, 9.17) is 0 Å². The third-order valence-electron chi connectivity index (χ3n) is 0.576. The molecule has 1 rings (SSSR count). The molecule has 0 aromatic heterocycles. The van der Waals surface area contributed by atoms with E-state index < -0.39 is 0 Å². The van der Waals surface area contributed by atoms with Crippen molar-refractivity contribution in [2.75, 3.05) is 6.61 Å². The summed E-state index contributed by atoms with van der Waals surface area (Å²) in [4.78, 5) is 10.0. The predicted octanol–water partition coefficient (Wildman–Crippen LogP) is -1.35. The second-order valence-electron chi connectivity index (χ2n) is 1.08. The first-order valence-corrected chi connectivity index (χ1v) is 1.70. The second kappa shape index (κ2) is 2.57. The van der Waals surface area contributed by atoms with Crippen LogP contribution in [0.25, 0.3) is 0 Å². The van der Waals surface area contributed by atoms with Crippen LogP contribution >= 0.6 is 0 Å². The summed E-state index contributed by atoms with van der Waals surface area (Å²) in [5, 5.41) is 0. The lowest BCUT2D eigenvalue weighted by molar-refractivity contribution is -0.115. The molecule has 0 radical (unpaired) electrons. The second-order valence-corrected chi connectivity index (χ2v) is 1.08. The summed E-state index contributed by atoms with van der Waals surface area (Å²) in [7, 11) is 0. The largest absolute Gasteiger partial charge is 0.493 e. The molecule has 0 spiro atoms. The Morgan fingerprint density at radius 1 is 1.71 bits per heavy atom. The normalized spacial score (nSPS) is 15.7. The van der Waals surface area contributed by atoms with E-state index in [2.05, 4.69) is 4.74 Å². The topological polar surface area (TPSA) is 26.3 Å². The van der Waals surface area contributed by atoms with E-state index in [-0.39, 0.29) is 23.4 Å². The molecule has 0 saturated carbocycles. The summed E-state index contributed by atoms with van der Waals surface area (Å²) < 4.78 is 4.53. The molecule has 0 aromatic carbocycles. The van der Waals surface area contributed by atoms with Gasteiger partial charge in [0, 0.05) is 6.08 Å².